The molecule has 2 N–H and O–H groups in total. The van der Waals surface area contributed by atoms with E-state index in [0.717, 1.165) is 6.42 Å². The number of rotatable bonds is 3. The lowest BCUT2D eigenvalue weighted by Gasteiger charge is -2.33. The van der Waals surface area contributed by atoms with Crippen LogP contribution >= 0.6 is 0 Å². The Morgan fingerprint density at radius 2 is 1.75 bits per heavy atom. The molecule has 0 saturated carbocycles. The highest BCUT2D eigenvalue weighted by atomic mass is 14.7. The van der Waals surface area contributed by atoms with Gasteiger partial charge in [0, 0.05) is 5.54 Å². The highest BCUT2D eigenvalue weighted by Crippen LogP contribution is 2.39. The zero-order chi connectivity index (χ0) is 14.0. The van der Waals surface area contributed by atoms with Crippen LogP contribution in [0, 0.1) is 0 Å². The van der Waals surface area contributed by atoms with Gasteiger partial charge in [-0.25, -0.2) is 0 Å². The minimum atomic E-state index is -0.254. The quantitative estimate of drug-likeness (QED) is 0.876. The fraction of sp³-hybridized carbons (Fsp3) is 0.368. The van der Waals surface area contributed by atoms with Gasteiger partial charge in [0.05, 0.1) is 0 Å². The van der Waals surface area contributed by atoms with Gasteiger partial charge in [-0.2, -0.15) is 0 Å². The van der Waals surface area contributed by atoms with E-state index >= 15 is 0 Å². The summed E-state index contributed by atoms with van der Waals surface area (Å²) in [5.74, 6) is 0.593. The molecule has 20 heavy (non-hydrogen) atoms. The van der Waals surface area contributed by atoms with Crippen molar-refractivity contribution < 1.29 is 0 Å². The molecule has 1 aliphatic carbocycles. The molecule has 2 atom stereocenters. The normalized spacial score (nSPS) is 21.0. The lowest BCUT2D eigenvalue weighted by atomic mass is 9.74. The molecule has 1 heteroatoms. The summed E-state index contributed by atoms with van der Waals surface area (Å²) in [5.41, 5.74) is 10.7. The largest absolute Gasteiger partial charge is 0.322 e. The van der Waals surface area contributed by atoms with Crippen LogP contribution in [0.5, 0.6) is 0 Å². The number of nitrogens with two attached hydrogens (primary N) is 1. The van der Waals surface area contributed by atoms with Crippen molar-refractivity contribution in [3.8, 4) is 0 Å². The van der Waals surface area contributed by atoms with Gasteiger partial charge in [0.2, 0.25) is 0 Å². The summed E-state index contributed by atoms with van der Waals surface area (Å²) >= 11 is 0. The predicted octanol–water partition coefficient (Wildman–Crippen LogP) is 4.37. The topological polar surface area (TPSA) is 26.0 Å². The van der Waals surface area contributed by atoms with Gasteiger partial charge in [-0.15, -0.1) is 0 Å². The second-order valence-electron chi connectivity index (χ2n) is 6.28. The molecule has 0 spiro atoms. The molecular formula is C19H23N. The molecule has 0 bridgehead atoms. The van der Waals surface area contributed by atoms with Crippen molar-refractivity contribution in [1.82, 2.24) is 0 Å². The van der Waals surface area contributed by atoms with E-state index < -0.39 is 0 Å². The van der Waals surface area contributed by atoms with Crippen LogP contribution in [0.15, 0.2) is 54.6 Å². The first kappa shape index (κ1) is 13.4. The highest BCUT2D eigenvalue weighted by Gasteiger charge is 2.29. The van der Waals surface area contributed by atoms with E-state index in [4.69, 9.17) is 5.73 Å². The lowest BCUT2D eigenvalue weighted by molar-refractivity contribution is 0.376. The van der Waals surface area contributed by atoms with Crippen LogP contribution in [0.4, 0.5) is 0 Å². The monoisotopic (exact) mass is 265 g/mol. The molecule has 0 amide bonds. The van der Waals surface area contributed by atoms with Gasteiger partial charge >= 0.3 is 0 Å². The summed E-state index contributed by atoms with van der Waals surface area (Å²) in [6.07, 6.45) is 4.79. The van der Waals surface area contributed by atoms with E-state index in [1.54, 1.807) is 0 Å². The van der Waals surface area contributed by atoms with Crippen LogP contribution in [0.3, 0.4) is 0 Å². The Labute approximate surface area is 121 Å². The molecule has 3 rings (SSSR count). The molecule has 1 aliphatic rings. The Morgan fingerprint density at radius 1 is 1.05 bits per heavy atom. The van der Waals surface area contributed by atoms with E-state index in [1.165, 1.54) is 36.0 Å². The standard InChI is InChI=1S/C19H23N/c1-19(20,17-11-3-2-4-12-17)14-16-10-7-9-15-8-5-6-13-18(15)16/h2-6,8,11-13,16H,7,9-10,14,20H2,1H3. The Bertz CT molecular complexity index is 571. The van der Waals surface area contributed by atoms with Gasteiger partial charge in [-0.3, -0.25) is 0 Å². The van der Waals surface area contributed by atoms with Crippen LogP contribution in [0.2, 0.25) is 0 Å². The molecule has 1 nitrogen and oxygen atoms in total. The van der Waals surface area contributed by atoms with E-state index in [0.29, 0.717) is 5.92 Å². The number of hydrogen-bond acceptors (Lipinski definition) is 1. The molecule has 104 valence electrons. The zero-order valence-corrected chi connectivity index (χ0v) is 12.2. The lowest BCUT2D eigenvalue weighted by Crippen LogP contribution is -2.35. The number of fused-ring (bicyclic) bond motifs is 1. The third-order valence-electron chi connectivity index (χ3n) is 4.60. The molecule has 2 unspecified atom stereocenters. The van der Waals surface area contributed by atoms with E-state index in [-0.39, 0.29) is 5.54 Å². The van der Waals surface area contributed by atoms with Crippen LogP contribution in [0.25, 0.3) is 0 Å². The van der Waals surface area contributed by atoms with E-state index in [9.17, 15) is 0 Å². The summed E-state index contributed by atoms with van der Waals surface area (Å²) in [4.78, 5) is 0. The zero-order valence-electron chi connectivity index (χ0n) is 12.2. The minimum absolute atomic E-state index is 0.254. The van der Waals surface area contributed by atoms with Gasteiger partial charge in [-0.05, 0) is 55.2 Å². The SMILES string of the molecule is CC(N)(CC1CCCc2ccccc21)c1ccccc1. The first-order valence-corrected chi connectivity index (χ1v) is 7.59. The maximum Gasteiger partial charge on any atom is 0.0386 e. The minimum Gasteiger partial charge on any atom is -0.322 e. The maximum atomic E-state index is 6.63. The van der Waals surface area contributed by atoms with Crippen molar-refractivity contribution in [2.45, 2.75) is 44.1 Å². The summed E-state index contributed by atoms with van der Waals surface area (Å²) in [5, 5.41) is 0. The molecule has 0 fully saturated rings. The number of benzene rings is 2. The third-order valence-corrected chi connectivity index (χ3v) is 4.60. The van der Waals surface area contributed by atoms with Crippen LogP contribution in [-0.2, 0) is 12.0 Å². The van der Waals surface area contributed by atoms with Crippen molar-refractivity contribution in [2.75, 3.05) is 0 Å². The van der Waals surface area contributed by atoms with Crippen LogP contribution in [-0.4, -0.2) is 0 Å². The fourth-order valence-corrected chi connectivity index (χ4v) is 3.52. The second-order valence-corrected chi connectivity index (χ2v) is 6.28. The molecule has 2 aromatic rings. The van der Waals surface area contributed by atoms with Crippen LogP contribution < -0.4 is 5.73 Å². The average Bonchev–Trinajstić information content (AvgIpc) is 2.48. The van der Waals surface area contributed by atoms with E-state index in [2.05, 4.69) is 61.5 Å². The molecule has 0 aliphatic heterocycles. The first-order chi connectivity index (χ1) is 9.67. The van der Waals surface area contributed by atoms with Gasteiger partial charge in [-0.1, -0.05) is 54.6 Å². The first-order valence-electron chi connectivity index (χ1n) is 7.59. The second kappa shape index (κ2) is 5.41. The van der Waals surface area contributed by atoms with Crippen LogP contribution in [0.1, 0.15) is 48.8 Å². The van der Waals surface area contributed by atoms with Gasteiger partial charge in [0.1, 0.15) is 0 Å². The molecule has 2 aromatic carbocycles. The van der Waals surface area contributed by atoms with Crippen molar-refractivity contribution in [2.24, 2.45) is 5.73 Å². The molecule has 0 heterocycles. The van der Waals surface area contributed by atoms with Crippen molar-refractivity contribution in [3.05, 3.63) is 71.3 Å². The van der Waals surface area contributed by atoms with Crippen molar-refractivity contribution in [3.63, 3.8) is 0 Å². The van der Waals surface area contributed by atoms with Crippen molar-refractivity contribution in [1.29, 1.82) is 0 Å². The molecule has 0 saturated heterocycles. The third kappa shape index (κ3) is 2.64. The van der Waals surface area contributed by atoms with Gasteiger partial charge < -0.3 is 5.73 Å². The molecule has 0 radical (unpaired) electrons. The molecular weight excluding hydrogens is 242 g/mol. The summed E-state index contributed by atoms with van der Waals surface area (Å²) in [6.45, 7) is 2.17. The average molecular weight is 265 g/mol. The summed E-state index contributed by atoms with van der Waals surface area (Å²) < 4.78 is 0. The van der Waals surface area contributed by atoms with Gasteiger partial charge in [0.15, 0.2) is 0 Å². The smallest absolute Gasteiger partial charge is 0.0386 e. The van der Waals surface area contributed by atoms with E-state index in [1.807, 2.05) is 0 Å². The summed E-state index contributed by atoms with van der Waals surface area (Å²) in [6, 6.07) is 19.4. The number of aryl methyl sites for hydroxylation is 1. The highest BCUT2D eigenvalue weighted by molar-refractivity contribution is 5.34. The Balaban J connectivity index is 1.85. The Morgan fingerprint density at radius 3 is 2.55 bits per heavy atom. The van der Waals surface area contributed by atoms with Crippen molar-refractivity contribution >= 4 is 0 Å². The Kier molecular flexibility index (Phi) is 3.62. The fourth-order valence-electron chi connectivity index (χ4n) is 3.52. The predicted molar refractivity (Wildman–Crippen MR) is 84.7 cm³/mol. The Hall–Kier alpha value is -1.60. The van der Waals surface area contributed by atoms with Gasteiger partial charge in [0.25, 0.3) is 0 Å². The number of hydrogen-bond donors (Lipinski definition) is 1. The summed E-state index contributed by atoms with van der Waals surface area (Å²) in [7, 11) is 0. The maximum absolute atomic E-state index is 6.63. The molecule has 0 aromatic heterocycles.